The summed E-state index contributed by atoms with van der Waals surface area (Å²) in [4.78, 5) is 54.5. The summed E-state index contributed by atoms with van der Waals surface area (Å²) in [6.07, 6.45) is 3.36. The van der Waals surface area contributed by atoms with E-state index in [0.29, 0.717) is 12.0 Å². The number of rotatable bonds is 15. The first-order chi connectivity index (χ1) is 19.8. The Morgan fingerprint density at radius 1 is 0.929 bits per heavy atom. The van der Waals surface area contributed by atoms with Crippen LogP contribution in [0.15, 0.2) is 48.5 Å². The second kappa shape index (κ2) is 16.5. The highest BCUT2D eigenvalue weighted by Crippen LogP contribution is 2.28. The van der Waals surface area contributed by atoms with E-state index < -0.39 is 42.0 Å². The van der Waals surface area contributed by atoms with Crippen LogP contribution >= 0.6 is 0 Å². The maximum absolute atomic E-state index is 14.3. The molecular weight excluding hydrogens is 532 g/mol. The lowest BCUT2D eigenvalue weighted by atomic mass is 9.94. The highest BCUT2D eigenvalue weighted by atomic mass is 16.6. The third-order valence-electron chi connectivity index (χ3n) is 6.99. The van der Waals surface area contributed by atoms with Gasteiger partial charge in [0.1, 0.15) is 17.7 Å². The zero-order valence-corrected chi connectivity index (χ0v) is 26.0. The van der Waals surface area contributed by atoms with Gasteiger partial charge in [0.05, 0.1) is 6.42 Å². The fraction of sp³-hybridized carbons (Fsp3) is 0.515. The normalized spacial score (nSPS) is 12.6. The van der Waals surface area contributed by atoms with Crippen molar-refractivity contribution in [2.24, 2.45) is 5.73 Å². The molecule has 0 saturated carbocycles. The smallest absolute Gasteiger partial charge is 0.408 e. The minimum Gasteiger partial charge on any atom is -0.444 e. The van der Waals surface area contributed by atoms with Crippen LogP contribution in [0, 0.1) is 13.8 Å². The summed E-state index contributed by atoms with van der Waals surface area (Å²) in [6, 6.07) is 12.9. The molecule has 42 heavy (non-hydrogen) atoms. The molecule has 2 aromatic carbocycles. The predicted octanol–water partition coefficient (Wildman–Crippen LogP) is 5.23. The van der Waals surface area contributed by atoms with Crippen molar-refractivity contribution < 1.29 is 23.9 Å². The van der Waals surface area contributed by atoms with E-state index in [9.17, 15) is 19.2 Å². The van der Waals surface area contributed by atoms with Crippen molar-refractivity contribution in [2.45, 2.75) is 104 Å². The minimum absolute atomic E-state index is 0.255. The van der Waals surface area contributed by atoms with Gasteiger partial charge in [-0.25, -0.2) is 4.79 Å². The molecule has 4 amide bonds. The number of carbonyl (C=O) groups excluding carboxylic acids is 4. The molecule has 0 saturated heterocycles. The molecule has 9 heteroatoms. The fourth-order valence-electron chi connectivity index (χ4n) is 4.71. The van der Waals surface area contributed by atoms with E-state index in [1.165, 1.54) is 4.90 Å². The zero-order chi connectivity index (χ0) is 31.3. The Hall–Kier alpha value is -3.88. The van der Waals surface area contributed by atoms with Crippen molar-refractivity contribution >= 4 is 23.8 Å². The summed E-state index contributed by atoms with van der Waals surface area (Å²) in [6.45, 7) is 11.6. The molecule has 9 nitrogen and oxygen atoms in total. The molecule has 0 fully saturated rings. The summed E-state index contributed by atoms with van der Waals surface area (Å²) in [5.74, 6) is -1.69. The largest absolute Gasteiger partial charge is 0.444 e. The number of unbranched alkanes of at least 4 members (excludes halogenated alkanes) is 4. The summed E-state index contributed by atoms with van der Waals surface area (Å²) in [5, 5.41) is 5.55. The van der Waals surface area contributed by atoms with Crippen LogP contribution in [-0.2, 0) is 25.7 Å². The topological polar surface area (TPSA) is 131 Å². The average molecular weight is 581 g/mol. The number of nitrogens with two attached hydrogens (primary N) is 1. The van der Waals surface area contributed by atoms with E-state index in [-0.39, 0.29) is 19.0 Å². The van der Waals surface area contributed by atoms with Crippen LogP contribution in [0.5, 0.6) is 0 Å². The lowest BCUT2D eigenvalue weighted by Gasteiger charge is -2.35. The van der Waals surface area contributed by atoms with Crippen LogP contribution in [0.4, 0.5) is 4.79 Å². The van der Waals surface area contributed by atoms with E-state index in [0.717, 1.165) is 42.4 Å². The number of nitrogens with one attached hydrogen (secondary N) is 2. The third kappa shape index (κ3) is 11.2. The fourth-order valence-corrected chi connectivity index (χ4v) is 4.71. The molecular formula is C33H48N4O5. The van der Waals surface area contributed by atoms with Gasteiger partial charge in [0.15, 0.2) is 0 Å². The van der Waals surface area contributed by atoms with Crippen molar-refractivity contribution in [3.63, 3.8) is 0 Å². The van der Waals surface area contributed by atoms with Crippen LogP contribution in [0.25, 0.3) is 0 Å². The van der Waals surface area contributed by atoms with Gasteiger partial charge in [-0.15, -0.1) is 0 Å². The van der Waals surface area contributed by atoms with Crippen LogP contribution in [0.3, 0.4) is 0 Å². The average Bonchev–Trinajstić information content (AvgIpc) is 2.91. The van der Waals surface area contributed by atoms with Crippen molar-refractivity contribution in [1.82, 2.24) is 15.5 Å². The lowest BCUT2D eigenvalue weighted by molar-refractivity contribution is -0.143. The van der Waals surface area contributed by atoms with Gasteiger partial charge in [0, 0.05) is 13.1 Å². The third-order valence-corrected chi connectivity index (χ3v) is 6.99. The molecule has 4 N–H and O–H groups in total. The van der Waals surface area contributed by atoms with E-state index in [2.05, 4.69) is 17.6 Å². The molecule has 2 atom stereocenters. The number of ether oxygens (including phenoxy) is 1. The van der Waals surface area contributed by atoms with E-state index in [1.54, 1.807) is 20.8 Å². The SMILES string of the molecule is CCCCCCCN(C(=O)C(CC(N)=O)NC(=O)OC(C)(C)C)C(C(=O)NCc1ccccc1)c1cccc(C)c1C. The molecule has 0 aliphatic carbocycles. The number of carbonyl (C=O) groups is 4. The Bertz CT molecular complexity index is 1190. The van der Waals surface area contributed by atoms with Gasteiger partial charge in [-0.3, -0.25) is 14.4 Å². The molecule has 0 aliphatic rings. The Balaban J connectivity index is 2.53. The second-order valence-electron chi connectivity index (χ2n) is 11.7. The molecule has 0 aromatic heterocycles. The number of benzene rings is 2. The monoisotopic (exact) mass is 580 g/mol. The summed E-state index contributed by atoms with van der Waals surface area (Å²) in [5.41, 5.74) is 8.15. The molecule has 230 valence electrons. The van der Waals surface area contributed by atoms with Crippen molar-refractivity contribution in [3.8, 4) is 0 Å². The maximum Gasteiger partial charge on any atom is 0.408 e. The standard InChI is InChI=1S/C33H48N4O5/c1-7-8-9-10-14-20-37(31(40)27(21-28(34)38)36-32(41)42-33(4,5)6)29(26-19-15-16-23(2)24(26)3)30(39)35-22-25-17-12-11-13-18-25/h11-13,15-19,27,29H,7-10,14,20-22H2,1-6H3,(H2,34,38)(H,35,39)(H,36,41). The van der Waals surface area contributed by atoms with Gasteiger partial charge < -0.3 is 26.0 Å². The number of hydrogen-bond donors (Lipinski definition) is 3. The quantitative estimate of drug-likeness (QED) is 0.248. The maximum atomic E-state index is 14.3. The molecule has 2 rings (SSSR count). The summed E-state index contributed by atoms with van der Waals surface area (Å²) < 4.78 is 5.37. The highest BCUT2D eigenvalue weighted by molar-refractivity contribution is 5.94. The Labute approximate surface area is 250 Å². The molecule has 2 aromatic rings. The number of aryl methyl sites for hydroxylation is 1. The van der Waals surface area contributed by atoms with Crippen LogP contribution in [0.1, 0.15) is 94.5 Å². The first-order valence-corrected chi connectivity index (χ1v) is 14.8. The lowest BCUT2D eigenvalue weighted by Crippen LogP contribution is -2.54. The van der Waals surface area contributed by atoms with Gasteiger partial charge in [-0.1, -0.05) is 81.1 Å². The summed E-state index contributed by atoms with van der Waals surface area (Å²) in [7, 11) is 0. The first-order valence-electron chi connectivity index (χ1n) is 14.8. The van der Waals surface area contributed by atoms with Crippen LogP contribution < -0.4 is 16.4 Å². The molecule has 2 unspecified atom stereocenters. The van der Waals surface area contributed by atoms with E-state index in [1.807, 2.05) is 62.4 Å². The second-order valence-corrected chi connectivity index (χ2v) is 11.7. The van der Waals surface area contributed by atoms with Gasteiger partial charge in [0.2, 0.25) is 17.7 Å². The summed E-state index contributed by atoms with van der Waals surface area (Å²) >= 11 is 0. The predicted molar refractivity (Wildman–Crippen MR) is 164 cm³/mol. The number of nitrogens with zero attached hydrogens (tertiary/aromatic N) is 1. The molecule has 0 spiro atoms. The minimum atomic E-state index is -1.30. The highest BCUT2D eigenvalue weighted by Gasteiger charge is 2.37. The molecule has 0 heterocycles. The van der Waals surface area contributed by atoms with Crippen molar-refractivity contribution in [3.05, 3.63) is 70.8 Å². The molecule has 0 aliphatic heterocycles. The van der Waals surface area contributed by atoms with Crippen molar-refractivity contribution in [2.75, 3.05) is 6.54 Å². The van der Waals surface area contributed by atoms with Crippen LogP contribution in [0.2, 0.25) is 0 Å². The number of hydrogen-bond acceptors (Lipinski definition) is 5. The van der Waals surface area contributed by atoms with Crippen LogP contribution in [-0.4, -0.2) is 46.9 Å². The zero-order valence-electron chi connectivity index (χ0n) is 26.0. The molecule has 0 radical (unpaired) electrons. The van der Waals surface area contributed by atoms with E-state index >= 15 is 0 Å². The van der Waals surface area contributed by atoms with Gasteiger partial charge >= 0.3 is 6.09 Å². The van der Waals surface area contributed by atoms with Gasteiger partial charge in [0.25, 0.3) is 0 Å². The van der Waals surface area contributed by atoms with Gasteiger partial charge in [-0.05, 0) is 63.3 Å². The number of primary amides is 1. The number of amides is 4. The van der Waals surface area contributed by atoms with E-state index in [4.69, 9.17) is 10.5 Å². The Morgan fingerprint density at radius 3 is 2.21 bits per heavy atom. The van der Waals surface area contributed by atoms with Crippen molar-refractivity contribution in [1.29, 1.82) is 0 Å². The van der Waals surface area contributed by atoms with Gasteiger partial charge in [-0.2, -0.15) is 0 Å². The number of alkyl carbamates (subject to hydrolysis) is 1. The first kappa shape index (κ1) is 34.3. The molecule has 0 bridgehead atoms. The Kier molecular flexibility index (Phi) is 13.5. The Morgan fingerprint density at radius 2 is 1.60 bits per heavy atom.